The van der Waals surface area contributed by atoms with Gasteiger partial charge in [-0.15, -0.1) is 0 Å². The number of fused-ring (bicyclic) bond motifs is 1. The second kappa shape index (κ2) is 5.62. The van der Waals surface area contributed by atoms with Crippen molar-refractivity contribution in [2.24, 2.45) is 0 Å². The van der Waals surface area contributed by atoms with Gasteiger partial charge in [-0.2, -0.15) is 0 Å². The molecule has 0 fully saturated rings. The lowest BCUT2D eigenvalue weighted by atomic mass is 10.1. The van der Waals surface area contributed by atoms with E-state index < -0.39 is 27.7 Å². The van der Waals surface area contributed by atoms with Crippen LogP contribution >= 0.6 is 0 Å². The van der Waals surface area contributed by atoms with Gasteiger partial charge < -0.3 is 0 Å². The van der Waals surface area contributed by atoms with E-state index in [9.17, 15) is 18.0 Å². The molecule has 2 amide bonds. The molecular formula is C17H15NO4S. The van der Waals surface area contributed by atoms with Gasteiger partial charge >= 0.3 is 0 Å². The van der Waals surface area contributed by atoms with Crippen LogP contribution in [0.1, 0.15) is 28.9 Å². The first-order valence-electron chi connectivity index (χ1n) is 7.12. The van der Waals surface area contributed by atoms with Crippen LogP contribution in [-0.2, 0) is 14.6 Å². The van der Waals surface area contributed by atoms with Gasteiger partial charge in [-0.3, -0.25) is 14.5 Å². The Morgan fingerprint density at radius 1 is 1.04 bits per heavy atom. The molecular weight excluding hydrogens is 314 g/mol. The molecule has 0 aliphatic carbocycles. The fourth-order valence-corrected chi connectivity index (χ4v) is 4.36. The number of carbonyl (C=O) groups excluding carboxylic acids is 2. The molecule has 6 heteroatoms. The molecule has 0 bridgehead atoms. The van der Waals surface area contributed by atoms with E-state index in [-0.39, 0.29) is 10.6 Å². The summed E-state index contributed by atoms with van der Waals surface area (Å²) in [4.78, 5) is 25.5. The Hall–Kier alpha value is -2.47. The topological polar surface area (TPSA) is 71.5 Å². The average Bonchev–Trinajstić information content (AvgIpc) is 2.81. The van der Waals surface area contributed by atoms with Crippen LogP contribution in [0.3, 0.4) is 0 Å². The molecule has 1 heterocycles. The van der Waals surface area contributed by atoms with Crippen molar-refractivity contribution in [2.75, 3.05) is 5.75 Å². The van der Waals surface area contributed by atoms with E-state index in [1.54, 1.807) is 42.5 Å². The molecule has 0 saturated carbocycles. The second-order valence-electron chi connectivity index (χ2n) is 5.39. The van der Waals surface area contributed by atoms with Gasteiger partial charge in [0, 0.05) is 12.5 Å². The normalized spacial score (nSPS) is 17.2. The maximum atomic E-state index is 12.6. The van der Waals surface area contributed by atoms with Gasteiger partial charge in [-0.1, -0.05) is 36.4 Å². The summed E-state index contributed by atoms with van der Waals surface area (Å²) in [7, 11) is -3.62. The Kier molecular flexibility index (Phi) is 3.77. The van der Waals surface area contributed by atoms with E-state index in [2.05, 4.69) is 0 Å². The van der Waals surface area contributed by atoms with Crippen molar-refractivity contribution in [2.45, 2.75) is 17.9 Å². The predicted octanol–water partition coefficient (Wildman–Crippen LogP) is 2.20. The summed E-state index contributed by atoms with van der Waals surface area (Å²) in [5, 5.41) is 0. The second-order valence-corrected chi connectivity index (χ2v) is 7.43. The van der Waals surface area contributed by atoms with E-state index in [0.29, 0.717) is 11.1 Å². The highest BCUT2D eigenvalue weighted by atomic mass is 32.2. The fourth-order valence-electron chi connectivity index (χ4n) is 2.85. The molecule has 2 aromatic carbocycles. The van der Waals surface area contributed by atoms with E-state index in [4.69, 9.17) is 0 Å². The number of amides is 2. The van der Waals surface area contributed by atoms with E-state index in [1.165, 1.54) is 19.1 Å². The quantitative estimate of drug-likeness (QED) is 0.865. The highest BCUT2D eigenvalue weighted by Crippen LogP contribution is 2.35. The van der Waals surface area contributed by atoms with Crippen LogP contribution in [0, 0.1) is 0 Å². The number of hydrogen-bond acceptors (Lipinski definition) is 4. The summed E-state index contributed by atoms with van der Waals surface area (Å²) in [5.74, 6) is -1.22. The van der Waals surface area contributed by atoms with Crippen molar-refractivity contribution < 1.29 is 18.0 Å². The average molecular weight is 329 g/mol. The smallest absolute Gasteiger partial charge is 0.261 e. The molecule has 23 heavy (non-hydrogen) atoms. The summed E-state index contributed by atoms with van der Waals surface area (Å²) in [6.45, 7) is 1.27. The van der Waals surface area contributed by atoms with Gasteiger partial charge in [0.2, 0.25) is 5.91 Å². The monoisotopic (exact) mass is 329 g/mol. The molecule has 1 aliphatic heterocycles. The Bertz CT molecular complexity index is 874. The highest BCUT2D eigenvalue weighted by molar-refractivity contribution is 7.91. The van der Waals surface area contributed by atoms with Crippen LogP contribution < -0.4 is 0 Å². The first kappa shape index (κ1) is 15.4. The Balaban J connectivity index is 2.04. The van der Waals surface area contributed by atoms with E-state index in [1.807, 2.05) is 0 Å². The van der Waals surface area contributed by atoms with Gasteiger partial charge in [-0.05, 0) is 23.8 Å². The number of rotatable bonds is 3. The first-order chi connectivity index (χ1) is 10.9. The molecule has 0 spiro atoms. The molecule has 0 N–H and O–H groups in total. The van der Waals surface area contributed by atoms with Gasteiger partial charge in [0.05, 0.1) is 16.7 Å². The molecule has 5 nitrogen and oxygen atoms in total. The van der Waals surface area contributed by atoms with Crippen LogP contribution in [0.15, 0.2) is 59.5 Å². The number of benzene rings is 2. The number of hydrogen-bond donors (Lipinski definition) is 0. The maximum Gasteiger partial charge on any atom is 0.261 e. The molecule has 2 aromatic rings. The van der Waals surface area contributed by atoms with Crippen molar-refractivity contribution >= 4 is 21.7 Å². The fraction of sp³-hybridized carbons (Fsp3) is 0.176. The molecule has 0 saturated heterocycles. The Morgan fingerprint density at radius 2 is 1.65 bits per heavy atom. The largest absolute Gasteiger partial charge is 0.275 e. The van der Waals surface area contributed by atoms with E-state index in [0.717, 1.165) is 4.90 Å². The Morgan fingerprint density at radius 3 is 2.30 bits per heavy atom. The minimum Gasteiger partial charge on any atom is -0.275 e. The number of nitrogens with zero attached hydrogens (tertiary/aromatic N) is 1. The minimum absolute atomic E-state index is 0.181. The Labute approximate surface area is 134 Å². The molecule has 1 atom stereocenters. The van der Waals surface area contributed by atoms with Crippen molar-refractivity contribution in [3.05, 3.63) is 65.7 Å². The van der Waals surface area contributed by atoms with Crippen molar-refractivity contribution in [3.8, 4) is 0 Å². The third-order valence-corrected chi connectivity index (χ3v) is 5.64. The van der Waals surface area contributed by atoms with Crippen LogP contribution in [-0.4, -0.2) is 30.9 Å². The van der Waals surface area contributed by atoms with Crippen LogP contribution in [0.2, 0.25) is 0 Å². The predicted molar refractivity (Wildman–Crippen MR) is 84.5 cm³/mol. The summed E-state index contributed by atoms with van der Waals surface area (Å²) in [6.07, 6.45) is 0. The molecule has 118 valence electrons. The number of imide groups is 1. The van der Waals surface area contributed by atoms with Gasteiger partial charge in [0.25, 0.3) is 5.91 Å². The molecule has 0 unspecified atom stereocenters. The maximum absolute atomic E-state index is 12.6. The lowest BCUT2D eigenvalue weighted by Gasteiger charge is -2.22. The van der Waals surface area contributed by atoms with E-state index >= 15 is 0 Å². The standard InChI is InChI=1S/C17H15NO4S/c1-12(19)18-16(14-9-5-6-10-15(14)17(18)20)11-23(21,22)13-7-3-2-4-8-13/h2-10,16H,11H2,1H3/t16-/m1/s1. The van der Waals surface area contributed by atoms with Crippen molar-refractivity contribution in [3.63, 3.8) is 0 Å². The summed E-state index contributed by atoms with van der Waals surface area (Å²) in [5.41, 5.74) is 0.961. The summed E-state index contributed by atoms with van der Waals surface area (Å²) >= 11 is 0. The highest BCUT2D eigenvalue weighted by Gasteiger charge is 2.41. The van der Waals surface area contributed by atoms with Crippen LogP contribution in [0.5, 0.6) is 0 Å². The number of sulfone groups is 1. The number of carbonyl (C=O) groups is 2. The molecule has 0 radical (unpaired) electrons. The third kappa shape index (κ3) is 2.66. The van der Waals surface area contributed by atoms with Crippen LogP contribution in [0.25, 0.3) is 0 Å². The SMILES string of the molecule is CC(=O)N1C(=O)c2ccccc2[C@H]1CS(=O)(=O)c1ccccc1. The van der Waals surface area contributed by atoms with Gasteiger partial charge in [0.15, 0.2) is 9.84 Å². The minimum atomic E-state index is -3.62. The molecule has 1 aliphatic rings. The zero-order chi connectivity index (χ0) is 16.6. The van der Waals surface area contributed by atoms with Gasteiger partial charge in [0.1, 0.15) is 0 Å². The lowest BCUT2D eigenvalue weighted by Crippen LogP contribution is -2.35. The molecule has 0 aromatic heterocycles. The van der Waals surface area contributed by atoms with Gasteiger partial charge in [-0.25, -0.2) is 8.42 Å². The van der Waals surface area contributed by atoms with Crippen LogP contribution in [0.4, 0.5) is 0 Å². The van der Waals surface area contributed by atoms with Crippen molar-refractivity contribution in [1.29, 1.82) is 0 Å². The zero-order valence-corrected chi connectivity index (χ0v) is 13.3. The first-order valence-corrected chi connectivity index (χ1v) is 8.78. The van der Waals surface area contributed by atoms with Crippen molar-refractivity contribution in [1.82, 2.24) is 4.90 Å². The summed E-state index contributed by atoms with van der Waals surface area (Å²) < 4.78 is 25.2. The lowest BCUT2D eigenvalue weighted by molar-refractivity contribution is -0.127. The zero-order valence-electron chi connectivity index (χ0n) is 12.5. The molecule has 3 rings (SSSR count). The summed E-state index contributed by atoms with van der Waals surface area (Å²) in [6, 6.07) is 14.0. The third-order valence-electron chi connectivity index (χ3n) is 3.90.